The Bertz CT molecular complexity index is 676. The molecule has 0 saturated carbocycles. The van der Waals surface area contributed by atoms with Crippen LogP contribution in [0, 0.1) is 0 Å². The topological polar surface area (TPSA) is 68.7 Å². The fraction of sp³-hybridized carbons (Fsp3) is 0.588. The third-order valence-corrected chi connectivity index (χ3v) is 4.67. The molecular formula is C17H21BrN2O4. The lowest BCUT2D eigenvalue weighted by atomic mass is 9.83. The van der Waals surface area contributed by atoms with Gasteiger partial charge in [-0.25, -0.2) is 9.78 Å². The predicted molar refractivity (Wildman–Crippen MR) is 91.3 cm³/mol. The molecule has 0 aromatic carbocycles. The van der Waals surface area contributed by atoms with E-state index in [0.29, 0.717) is 43.8 Å². The molecule has 24 heavy (non-hydrogen) atoms. The van der Waals surface area contributed by atoms with Crippen LogP contribution in [0.3, 0.4) is 0 Å². The number of halogens is 1. The smallest absolute Gasteiger partial charge is 0.410 e. The number of Topliss-reactive ketones (excluding diaryl/α,β-unsaturated/α-hetero) is 1. The van der Waals surface area contributed by atoms with Crippen LogP contribution in [0.5, 0.6) is 5.88 Å². The van der Waals surface area contributed by atoms with Crippen LogP contribution in [0.2, 0.25) is 0 Å². The number of pyridine rings is 1. The van der Waals surface area contributed by atoms with Gasteiger partial charge in [-0.1, -0.05) is 0 Å². The molecule has 0 bridgehead atoms. The summed E-state index contributed by atoms with van der Waals surface area (Å²) in [6.45, 7) is 6.56. The number of rotatable bonds is 0. The average Bonchev–Trinajstić information content (AvgIpc) is 2.47. The SMILES string of the molecule is CC(C)(C)OC(=O)N1CCC2(CC1)CC(=O)c1cc(Br)cnc1O2. The fourth-order valence-electron chi connectivity index (χ4n) is 3.04. The molecule has 0 radical (unpaired) electrons. The van der Waals surface area contributed by atoms with Crippen LogP contribution < -0.4 is 4.74 Å². The summed E-state index contributed by atoms with van der Waals surface area (Å²) in [5.74, 6) is 0.427. The van der Waals surface area contributed by atoms with Crippen LogP contribution in [0.25, 0.3) is 0 Å². The Balaban J connectivity index is 1.69. The van der Waals surface area contributed by atoms with Crippen molar-refractivity contribution in [3.05, 3.63) is 22.3 Å². The quantitative estimate of drug-likeness (QED) is 0.670. The first-order chi connectivity index (χ1) is 11.2. The van der Waals surface area contributed by atoms with Crippen molar-refractivity contribution >= 4 is 27.8 Å². The summed E-state index contributed by atoms with van der Waals surface area (Å²) in [6.07, 6.45) is 2.81. The summed E-state index contributed by atoms with van der Waals surface area (Å²) in [5.41, 5.74) is -0.562. The molecule has 0 atom stereocenters. The first kappa shape index (κ1) is 17.2. The maximum Gasteiger partial charge on any atom is 0.410 e. The minimum atomic E-state index is -0.566. The normalized spacial score (nSPS) is 19.7. The fourth-order valence-corrected chi connectivity index (χ4v) is 3.37. The van der Waals surface area contributed by atoms with Crippen molar-refractivity contribution in [3.63, 3.8) is 0 Å². The summed E-state index contributed by atoms with van der Waals surface area (Å²) >= 11 is 3.32. The van der Waals surface area contributed by atoms with Gasteiger partial charge in [0.2, 0.25) is 5.88 Å². The summed E-state index contributed by atoms with van der Waals surface area (Å²) in [5, 5.41) is 0. The molecule has 2 aliphatic rings. The Morgan fingerprint density at radius 3 is 2.67 bits per heavy atom. The molecule has 1 aromatic heterocycles. The summed E-state index contributed by atoms with van der Waals surface area (Å²) < 4.78 is 12.2. The van der Waals surface area contributed by atoms with Crippen molar-refractivity contribution in [1.82, 2.24) is 9.88 Å². The molecule has 1 spiro atoms. The van der Waals surface area contributed by atoms with Gasteiger partial charge in [0.05, 0.1) is 12.0 Å². The van der Waals surface area contributed by atoms with E-state index in [-0.39, 0.29) is 11.9 Å². The minimum Gasteiger partial charge on any atom is -0.470 e. The highest BCUT2D eigenvalue weighted by atomic mass is 79.9. The molecule has 0 aliphatic carbocycles. The molecule has 0 N–H and O–H groups in total. The molecule has 2 aliphatic heterocycles. The second-order valence-corrected chi connectivity index (χ2v) is 8.27. The Labute approximate surface area is 149 Å². The Hall–Kier alpha value is -1.63. The van der Waals surface area contributed by atoms with Crippen molar-refractivity contribution in [2.75, 3.05) is 13.1 Å². The van der Waals surface area contributed by atoms with Gasteiger partial charge in [-0.3, -0.25) is 4.79 Å². The number of hydrogen-bond acceptors (Lipinski definition) is 5. The number of amides is 1. The van der Waals surface area contributed by atoms with Gasteiger partial charge in [0.1, 0.15) is 11.2 Å². The van der Waals surface area contributed by atoms with Crippen LogP contribution in [0.4, 0.5) is 4.79 Å². The second kappa shape index (κ2) is 6.02. The molecule has 7 heteroatoms. The summed E-state index contributed by atoms with van der Waals surface area (Å²) in [6, 6.07) is 1.74. The van der Waals surface area contributed by atoms with Gasteiger partial charge >= 0.3 is 6.09 Å². The maximum absolute atomic E-state index is 12.5. The minimum absolute atomic E-state index is 0.0377. The molecule has 0 unspecified atom stereocenters. The Kier molecular flexibility index (Phi) is 4.32. The predicted octanol–water partition coefficient (Wildman–Crippen LogP) is 3.58. The molecule has 3 heterocycles. The van der Waals surface area contributed by atoms with Crippen molar-refractivity contribution in [1.29, 1.82) is 0 Å². The van der Waals surface area contributed by atoms with Gasteiger partial charge in [-0.05, 0) is 42.8 Å². The Morgan fingerprint density at radius 1 is 1.38 bits per heavy atom. The number of fused-ring (bicyclic) bond motifs is 1. The van der Waals surface area contributed by atoms with E-state index in [1.54, 1.807) is 17.2 Å². The molecule has 1 fully saturated rings. The first-order valence-electron chi connectivity index (χ1n) is 8.03. The molecule has 3 rings (SSSR count). The first-order valence-corrected chi connectivity index (χ1v) is 8.82. The van der Waals surface area contributed by atoms with Gasteiger partial charge in [-0.2, -0.15) is 0 Å². The standard InChI is InChI=1S/C17H21BrN2O4/c1-16(2,3)24-15(22)20-6-4-17(5-7-20)9-13(21)12-8-11(18)10-19-14(12)23-17/h8,10H,4-7,9H2,1-3H3. The molecule has 1 amide bonds. The maximum atomic E-state index is 12.5. The zero-order valence-electron chi connectivity index (χ0n) is 14.1. The second-order valence-electron chi connectivity index (χ2n) is 7.36. The number of piperidine rings is 1. The van der Waals surface area contributed by atoms with E-state index in [9.17, 15) is 9.59 Å². The van der Waals surface area contributed by atoms with Gasteiger partial charge in [0, 0.05) is 36.6 Å². The van der Waals surface area contributed by atoms with Crippen LogP contribution in [-0.4, -0.2) is 46.1 Å². The van der Waals surface area contributed by atoms with Crippen LogP contribution in [0.1, 0.15) is 50.4 Å². The number of nitrogens with zero attached hydrogens (tertiary/aromatic N) is 2. The monoisotopic (exact) mass is 396 g/mol. The molecule has 6 nitrogen and oxygen atoms in total. The van der Waals surface area contributed by atoms with E-state index in [1.165, 1.54) is 0 Å². The van der Waals surface area contributed by atoms with E-state index >= 15 is 0 Å². The van der Waals surface area contributed by atoms with Gasteiger partial charge in [0.25, 0.3) is 0 Å². The van der Waals surface area contributed by atoms with E-state index in [4.69, 9.17) is 9.47 Å². The lowest BCUT2D eigenvalue weighted by molar-refractivity contribution is -0.0247. The van der Waals surface area contributed by atoms with Crippen LogP contribution in [-0.2, 0) is 4.74 Å². The van der Waals surface area contributed by atoms with Gasteiger partial charge < -0.3 is 14.4 Å². The Morgan fingerprint density at radius 2 is 2.04 bits per heavy atom. The van der Waals surface area contributed by atoms with Crippen molar-refractivity contribution in [2.45, 2.75) is 51.2 Å². The summed E-state index contributed by atoms with van der Waals surface area (Å²) in [7, 11) is 0. The van der Waals surface area contributed by atoms with E-state index in [1.807, 2.05) is 20.8 Å². The zero-order chi connectivity index (χ0) is 17.5. The largest absolute Gasteiger partial charge is 0.470 e. The van der Waals surface area contributed by atoms with Gasteiger partial charge in [-0.15, -0.1) is 0 Å². The number of aromatic nitrogens is 1. The average molecular weight is 397 g/mol. The number of ketones is 1. The van der Waals surface area contributed by atoms with Gasteiger partial charge in [0.15, 0.2) is 5.78 Å². The van der Waals surface area contributed by atoms with Crippen molar-refractivity contribution < 1.29 is 19.1 Å². The number of carbonyl (C=O) groups excluding carboxylic acids is 2. The molecular weight excluding hydrogens is 376 g/mol. The third kappa shape index (κ3) is 3.55. The highest BCUT2D eigenvalue weighted by Gasteiger charge is 2.44. The number of carbonyl (C=O) groups is 2. The number of ether oxygens (including phenoxy) is 2. The summed E-state index contributed by atoms with van der Waals surface area (Å²) in [4.78, 5) is 30.5. The molecule has 1 saturated heterocycles. The van der Waals surface area contributed by atoms with Crippen LogP contribution in [0.15, 0.2) is 16.7 Å². The molecule has 1 aromatic rings. The number of likely N-dealkylation sites (tertiary alicyclic amines) is 1. The third-order valence-electron chi connectivity index (χ3n) is 4.24. The lowest BCUT2D eigenvalue weighted by Crippen LogP contribution is -2.53. The van der Waals surface area contributed by atoms with E-state index in [2.05, 4.69) is 20.9 Å². The van der Waals surface area contributed by atoms with Crippen molar-refractivity contribution in [2.24, 2.45) is 0 Å². The van der Waals surface area contributed by atoms with Crippen molar-refractivity contribution in [3.8, 4) is 5.88 Å². The molecule has 130 valence electrons. The van der Waals surface area contributed by atoms with E-state index in [0.717, 1.165) is 4.47 Å². The number of hydrogen-bond donors (Lipinski definition) is 0. The lowest BCUT2D eigenvalue weighted by Gasteiger charge is -2.43. The van der Waals surface area contributed by atoms with Crippen LogP contribution >= 0.6 is 15.9 Å². The van der Waals surface area contributed by atoms with E-state index < -0.39 is 11.2 Å². The zero-order valence-corrected chi connectivity index (χ0v) is 15.7. The highest BCUT2D eigenvalue weighted by Crippen LogP contribution is 2.39. The highest BCUT2D eigenvalue weighted by molar-refractivity contribution is 9.10.